The number of allylic oxidation sites excluding steroid dienone is 5. The van der Waals surface area contributed by atoms with Crippen LogP contribution in [0.5, 0.6) is 0 Å². The molecule has 0 bridgehead atoms. The van der Waals surface area contributed by atoms with Crippen LogP contribution >= 0.6 is 0 Å². The van der Waals surface area contributed by atoms with E-state index in [-0.39, 0.29) is 0 Å². The average Bonchev–Trinajstić information content (AvgIpc) is 3.30. The molecule has 0 heterocycles. The van der Waals surface area contributed by atoms with Crippen molar-refractivity contribution in [1.82, 2.24) is 0 Å². The second-order valence-corrected chi connectivity index (χ2v) is 10.8. The van der Waals surface area contributed by atoms with Crippen molar-refractivity contribution in [2.45, 2.75) is 23.5 Å². The van der Waals surface area contributed by atoms with E-state index in [1.54, 1.807) is 3.88 Å². The summed E-state index contributed by atoms with van der Waals surface area (Å²) in [6, 6.07) is 20.1. The molecule has 24 heavy (non-hydrogen) atoms. The molecule has 1 heteroatoms. The molecule has 0 fully saturated rings. The first-order valence-electron chi connectivity index (χ1n) is 8.73. The van der Waals surface area contributed by atoms with Gasteiger partial charge in [-0.3, -0.25) is 0 Å². The van der Waals surface area contributed by atoms with E-state index in [1.807, 2.05) is 0 Å². The van der Waals surface area contributed by atoms with Gasteiger partial charge in [-0.15, -0.1) is 0 Å². The van der Waals surface area contributed by atoms with Gasteiger partial charge in [0.1, 0.15) is 0 Å². The van der Waals surface area contributed by atoms with Crippen LogP contribution < -0.4 is 0 Å². The first-order chi connectivity index (χ1) is 11.9. The zero-order chi connectivity index (χ0) is 16.4. The van der Waals surface area contributed by atoms with E-state index in [0.29, 0.717) is 10.1 Å². The van der Waals surface area contributed by atoms with Crippen LogP contribution in [0.2, 0.25) is 0 Å². The fourth-order valence-corrected chi connectivity index (χ4v) is 8.72. The summed E-state index contributed by atoms with van der Waals surface area (Å²) in [5.74, 6) is 0.510. The minimum absolute atomic E-state index is 0.510. The van der Waals surface area contributed by atoms with Gasteiger partial charge in [-0.05, 0) is 0 Å². The van der Waals surface area contributed by atoms with Crippen molar-refractivity contribution in [3.8, 4) is 0 Å². The number of hydrogen-bond donors (Lipinski definition) is 0. The topological polar surface area (TPSA) is 0 Å². The Hall–Kier alpha value is -1.76. The van der Waals surface area contributed by atoms with E-state index in [0.717, 1.165) is 6.42 Å². The molecule has 0 nitrogen and oxygen atoms in total. The average molecular weight is 346 g/mol. The number of benzene rings is 2. The van der Waals surface area contributed by atoms with Crippen LogP contribution in [-0.4, -0.2) is 4.31 Å². The zero-order valence-electron chi connectivity index (χ0n) is 14.0. The number of rotatable bonds is 4. The quantitative estimate of drug-likeness (QED) is 0.612. The molecule has 0 amide bonds. The van der Waals surface area contributed by atoms with Crippen LogP contribution in [0.1, 0.15) is 40.2 Å². The molecule has 2 aliphatic rings. The van der Waals surface area contributed by atoms with Gasteiger partial charge in [0.15, 0.2) is 0 Å². The molecule has 0 saturated heterocycles. The Morgan fingerprint density at radius 2 is 1.83 bits per heavy atom. The molecule has 0 N–H and O–H groups in total. The molecule has 0 saturated carbocycles. The molecule has 2 aliphatic carbocycles. The van der Waals surface area contributed by atoms with Crippen molar-refractivity contribution < 1.29 is 17.4 Å². The molecule has 0 aromatic heterocycles. The van der Waals surface area contributed by atoms with Gasteiger partial charge in [0, 0.05) is 0 Å². The monoisotopic (exact) mass is 346 g/mol. The Morgan fingerprint density at radius 3 is 2.58 bits per heavy atom. The van der Waals surface area contributed by atoms with E-state index in [4.69, 9.17) is 0 Å². The zero-order valence-corrected chi connectivity index (χ0v) is 15.6. The first-order valence-corrected chi connectivity index (χ1v) is 11.3. The van der Waals surface area contributed by atoms with Gasteiger partial charge < -0.3 is 0 Å². The van der Waals surface area contributed by atoms with Gasteiger partial charge in [-0.25, -0.2) is 0 Å². The van der Waals surface area contributed by atoms with E-state index in [2.05, 4.69) is 96.2 Å². The molecule has 0 radical (unpaired) electrons. The fraction of sp³-hybridized carbons (Fsp3) is 0.174. The van der Waals surface area contributed by atoms with Gasteiger partial charge in [0.2, 0.25) is 0 Å². The van der Waals surface area contributed by atoms with Crippen LogP contribution in [0.3, 0.4) is 0 Å². The summed E-state index contributed by atoms with van der Waals surface area (Å²) >= 11 is -1.53. The standard InChI is InChI=1S/C16H13.C5H5.C2H4.Ti/c1-2-6-13(7-3-1)12-15-11-10-14-8-4-5-9-16(14)15;1-2-4-5-3-1;1-2;/h1-12,15H;1-3H,4H2;1H,2H3;. The van der Waals surface area contributed by atoms with Crippen LogP contribution in [-0.2, 0) is 17.4 Å². The van der Waals surface area contributed by atoms with Crippen molar-refractivity contribution in [2.75, 3.05) is 0 Å². The van der Waals surface area contributed by atoms with Crippen LogP contribution in [0, 0.1) is 0 Å². The maximum absolute atomic E-state index is 2.56. The summed E-state index contributed by atoms with van der Waals surface area (Å²) in [6.45, 7) is 2.29. The Bertz CT molecular complexity index is 853. The van der Waals surface area contributed by atoms with Gasteiger partial charge >= 0.3 is 151 Å². The van der Waals surface area contributed by atoms with Crippen molar-refractivity contribution in [1.29, 1.82) is 0 Å². The van der Waals surface area contributed by atoms with Crippen LogP contribution in [0.25, 0.3) is 6.08 Å². The van der Waals surface area contributed by atoms with Crippen molar-refractivity contribution in [2.24, 2.45) is 0 Å². The summed E-state index contributed by atoms with van der Waals surface area (Å²) in [6.07, 6.45) is 12.9. The normalized spacial score (nSPS) is 20.1. The summed E-state index contributed by atoms with van der Waals surface area (Å²) in [7, 11) is 0. The molecule has 2 aromatic carbocycles. The molecule has 0 spiro atoms. The molecule has 2 aromatic rings. The number of hydrogen-bond acceptors (Lipinski definition) is 0. The third-order valence-electron chi connectivity index (χ3n) is 5.14. The van der Waals surface area contributed by atoms with E-state index < -0.39 is 17.4 Å². The first kappa shape index (κ1) is 15.8. The van der Waals surface area contributed by atoms with Crippen molar-refractivity contribution >= 4 is 10.4 Å². The second kappa shape index (κ2) is 7.01. The molecular weight excluding hydrogens is 324 g/mol. The third kappa shape index (κ3) is 2.86. The Balaban J connectivity index is 1.82. The number of fused-ring (bicyclic) bond motifs is 1. The second-order valence-electron chi connectivity index (χ2n) is 6.47. The summed E-state index contributed by atoms with van der Waals surface area (Å²) < 4.78 is 4.87. The van der Waals surface area contributed by atoms with E-state index in [9.17, 15) is 0 Å². The van der Waals surface area contributed by atoms with Gasteiger partial charge in [-0.2, -0.15) is 0 Å². The van der Waals surface area contributed by atoms with Crippen molar-refractivity contribution in [3.05, 3.63) is 99.5 Å². The van der Waals surface area contributed by atoms with Crippen LogP contribution in [0.4, 0.5) is 0 Å². The molecule has 118 valence electrons. The predicted octanol–water partition coefficient (Wildman–Crippen LogP) is 5.82. The Kier molecular flexibility index (Phi) is 4.60. The van der Waals surface area contributed by atoms with Gasteiger partial charge in [0.05, 0.1) is 0 Å². The van der Waals surface area contributed by atoms with Gasteiger partial charge in [-0.1, -0.05) is 0 Å². The maximum atomic E-state index is 2.56. The summed E-state index contributed by atoms with van der Waals surface area (Å²) in [4.78, 5) is 0. The molecule has 2 unspecified atom stereocenters. The minimum atomic E-state index is -1.53. The van der Waals surface area contributed by atoms with Crippen molar-refractivity contribution in [3.63, 3.8) is 0 Å². The van der Waals surface area contributed by atoms with E-state index in [1.165, 1.54) is 16.7 Å². The third-order valence-corrected chi connectivity index (χ3v) is 9.98. The molecule has 2 atom stereocenters. The molecular formula is C23H22Ti. The predicted molar refractivity (Wildman–Crippen MR) is 101 cm³/mol. The summed E-state index contributed by atoms with van der Waals surface area (Å²) in [5.41, 5.74) is 4.41. The molecule has 0 aliphatic heterocycles. The van der Waals surface area contributed by atoms with Crippen LogP contribution in [0.15, 0.2) is 82.8 Å². The summed E-state index contributed by atoms with van der Waals surface area (Å²) in [5, 5.41) is 0. The fourth-order valence-electron chi connectivity index (χ4n) is 4.03. The molecule has 4 rings (SSSR count). The SMILES string of the molecule is C[CH]=[Ti]([C]1=CC=CC1)[CH](c1ccccc1)C1C=Cc2ccccc21. The van der Waals surface area contributed by atoms with E-state index >= 15 is 0 Å². The van der Waals surface area contributed by atoms with Gasteiger partial charge in [0.25, 0.3) is 0 Å². The Morgan fingerprint density at radius 1 is 1.04 bits per heavy atom. The Labute approximate surface area is 150 Å².